The van der Waals surface area contributed by atoms with E-state index in [9.17, 15) is 4.79 Å². The summed E-state index contributed by atoms with van der Waals surface area (Å²) < 4.78 is 17.1. The second-order valence-corrected chi connectivity index (χ2v) is 7.75. The molecule has 1 aliphatic carbocycles. The Morgan fingerprint density at radius 1 is 1.27 bits per heavy atom. The maximum absolute atomic E-state index is 12.8. The van der Waals surface area contributed by atoms with Crippen molar-refractivity contribution in [2.24, 2.45) is 11.3 Å². The van der Waals surface area contributed by atoms with Crippen LogP contribution in [-0.4, -0.2) is 24.7 Å². The van der Waals surface area contributed by atoms with Crippen LogP contribution < -0.4 is 10.1 Å². The van der Waals surface area contributed by atoms with E-state index >= 15 is 0 Å². The van der Waals surface area contributed by atoms with Crippen molar-refractivity contribution in [2.75, 3.05) is 6.61 Å². The normalized spacial score (nSPS) is 26.5. The Kier molecular flexibility index (Phi) is 4.49. The van der Waals surface area contributed by atoms with Crippen LogP contribution in [0.25, 0.3) is 0 Å². The molecule has 5 heteroatoms. The van der Waals surface area contributed by atoms with Crippen molar-refractivity contribution in [1.29, 1.82) is 0 Å². The number of hydrogen-bond donors (Lipinski definition) is 1. The van der Waals surface area contributed by atoms with E-state index in [1.165, 1.54) is 6.26 Å². The van der Waals surface area contributed by atoms with Gasteiger partial charge >= 0.3 is 0 Å². The van der Waals surface area contributed by atoms with Crippen molar-refractivity contribution in [3.63, 3.8) is 0 Å². The minimum Gasteiger partial charge on any atom is -0.489 e. The topological polar surface area (TPSA) is 60.7 Å². The van der Waals surface area contributed by atoms with E-state index in [0.717, 1.165) is 30.8 Å². The van der Waals surface area contributed by atoms with E-state index in [-0.39, 0.29) is 23.5 Å². The van der Waals surface area contributed by atoms with Crippen molar-refractivity contribution < 1.29 is 18.7 Å². The van der Waals surface area contributed by atoms with Crippen LogP contribution in [0.4, 0.5) is 0 Å². The van der Waals surface area contributed by atoms with Crippen LogP contribution in [0.3, 0.4) is 0 Å². The van der Waals surface area contributed by atoms with Crippen molar-refractivity contribution in [3.05, 3.63) is 54.0 Å². The predicted octanol–water partition coefficient (Wildman–Crippen LogP) is 3.79. The molecular weight excluding hydrogens is 330 g/mol. The summed E-state index contributed by atoms with van der Waals surface area (Å²) in [5.74, 6) is 1.31. The fraction of sp³-hybridized carbons (Fsp3) is 0.476. The van der Waals surface area contributed by atoms with Gasteiger partial charge in [-0.05, 0) is 31.0 Å². The maximum atomic E-state index is 12.8. The van der Waals surface area contributed by atoms with Gasteiger partial charge in [0.05, 0.1) is 12.4 Å². The molecule has 1 amide bonds. The molecule has 4 rings (SSSR count). The Hall–Kier alpha value is -2.27. The summed E-state index contributed by atoms with van der Waals surface area (Å²) in [6, 6.07) is 11.4. The lowest BCUT2D eigenvalue weighted by Gasteiger charge is -2.59. The number of benzene rings is 1. The number of nitrogens with one attached hydrogen (secondary N) is 1. The summed E-state index contributed by atoms with van der Waals surface area (Å²) >= 11 is 0. The lowest BCUT2D eigenvalue weighted by atomic mass is 9.55. The Morgan fingerprint density at radius 2 is 2.08 bits per heavy atom. The molecular formula is C21H25NO4. The summed E-state index contributed by atoms with van der Waals surface area (Å²) in [5.41, 5.74) is 0.688. The first-order valence-electron chi connectivity index (χ1n) is 9.24. The number of carbonyl (C=O) groups is 1. The summed E-state index contributed by atoms with van der Waals surface area (Å²) in [6.45, 7) is 5.44. The first-order chi connectivity index (χ1) is 12.6. The molecule has 2 aliphatic rings. The van der Waals surface area contributed by atoms with Gasteiger partial charge < -0.3 is 19.2 Å². The van der Waals surface area contributed by atoms with E-state index < -0.39 is 0 Å². The SMILES string of the molecule is CC1(C)[C@H](NC(=O)c2occc2COc2ccccc2)[C@@H]2CCCO[C@@H]21. The highest BCUT2D eigenvalue weighted by atomic mass is 16.5. The third kappa shape index (κ3) is 3.01. The van der Waals surface area contributed by atoms with E-state index in [2.05, 4.69) is 19.2 Å². The zero-order valence-electron chi connectivity index (χ0n) is 15.2. The van der Waals surface area contributed by atoms with Crippen LogP contribution in [0.1, 0.15) is 42.8 Å². The zero-order valence-corrected chi connectivity index (χ0v) is 15.2. The molecule has 26 heavy (non-hydrogen) atoms. The molecule has 1 N–H and O–H groups in total. The largest absolute Gasteiger partial charge is 0.489 e. The molecule has 0 unspecified atom stereocenters. The summed E-state index contributed by atoms with van der Waals surface area (Å²) in [7, 11) is 0. The van der Waals surface area contributed by atoms with Crippen LogP contribution >= 0.6 is 0 Å². The van der Waals surface area contributed by atoms with Gasteiger partial charge in [-0.15, -0.1) is 0 Å². The molecule has 2 aromatic rings. The van der Waals surface area contributed by atoms with Gasteiger partial charge in [-0.2, -0.15) is 0 Å². The fourth-order valence-electron chi connectivity index (χ4n) is 4.35. The lowest BCUT2D eigenvalue weighted by Crippen LogP contribution is -2.70. The molecule has 1 aromatic heterocycles. The van der Waals surface area contributed by atoms with Crippen LogP contribution in [-0.2, 0) is 11.3 Å². The van der Waals surface area contributed by atoms with Gasteiger partial charge in [-0.3, -0.25) is 4.79 Å². The Labute approximate surface area is 153 Å². The molecule has 1 aromatic carbocycles. The first kappa shape index (κ1) is 17.2. The van der Waals surface area contributed by atoms with Crippen molar-refractivity contribution in [2.45, 2.75) is 45.4 Å². The number of carbonyl (C=O) groups excluding carboxylic acids is 1. The van der Waals surface area contributed by atoms with Crippen molar-refractivity contribution in [3.8, 4) is 5.75 Å². The number of rotatable bonds is 5. The van der Waals surface area contributed by atoms with E-state index in [4.69, 9.17) is 13.9 Å². The first-order valence-corrected chi connectivity index (χ1v) is 9.24. The Bertz CT molecular complexity index is 767. The number of fused-ring (bicyclic) bond motifs is 1. The number of para-hydroxylation sites is 1. The van der Waals surface area contributed by atoms with Gasteiger partial charge in [0.25, 0.3) is 5.91 Å². The molecule has 5 nitrogen and oxygen atoms in total. The van der Waals surface area contributed by atoms with Crippen LogP contribution in [0, 0.1) is 11.3 Å². The Morgan fingerprint density at radius 3 is 2.88 bits per heavy atom. The summed E-state index contributed by atoms with van der Waals surface area (Å²) in [6.07, 6.45) is 3.93. The average Bonchev–Trinajstić information content (AvgIpc) is 3.14. The smallest absolute Gasteiger partial charge is 0.287 e. The van der Waals surface area contributed by atoms with Gasteiger partial charge in [-0.25, -0.2) is 0 Å². The minimum absolute atomic E-state index is 0.0615. The quantitative estimate of drug-likeness (QED) is 0.886. The van der Waals surface area contributed by atoms with Crippen molar-refractivity contribution >= 4 is 5.91 Å². The molecule has 1 saturated carbocycles. The number of furan rings is 1. The summed E-state index contributed by atoms with van der Waals surface area (Å²) in [5, 5.41) is 3.18. The van der Waals surface area contributed by atoms with E-state index in [1.54, 1.807) is 6.07 Å². The van der Waals surface area contributed by atoms with Gasteiger partial charge in [0.1, 0.15) is 12.4 Å². The molecule has 0 bridgehead atoms. The third-order valence-corrected chi connectivity index (χ3v) is 5.71. The molecule has 0 radical (unpaired) electrons. The van der Waals surface area contributed by atoms with Gasteiger partial charge in [-0.1, -0.05) is 32.0 Å². The highest BCUT2D eigenvalue weighted by Crippen LogP contribution is 2.51. The molecule has 2 fully saturated rings. The van der Waals surface area contributed by atoms with E-state index in [0.29, 0.717) is 18.3 Å². The highest BCUT2D eigenvalue weighted by Gasteiger charge is 2.58. The van der Waals surface area contributed by atoms with Crippen LogP contribution in [0.2, 0.25) is 0 Å². The maximum Gasteiger partial charge on any atom is 0.287 e. The molecule has 2 heterocycles. The second-order valence-electron chi connectivity index (χ2n) is 7.75. The second kappa shape index (κ2) is 6.80. The van der Waals surface area contributed by atoms with Crippen molar-refractivity contribution in [1.82, 2.24) is 5.32 Å². The zero-order chi connectivity index (χ0) is 18.1. The third-order valence-electron chi connectivity index (χ3n) is 5.71. The molecule has 1 aliphatic heterocycles. The molecule has 138 valence electrons. The van der Waals surface area contributed by atoms with E-state index in [1.807, 2.05) is 30.3 Å². The van der Waals surface area contributed by atoms with Gasteiger partial charge in [0.15, 0.2) is 5.76 Å². The monoisotopic (exact) mass is 355 g/mol. The molecule has 1 saturated heterocycles. The number of amides is 1. The van der Waals surface area contributed by atoms with Crippen LogP contribution in [0.5, 0.6) is 5.75 Å². The average molecular weight is 355 g/mol. The Balaban J connectivity index is 1.42. The van der Waals surface area contributed by atoms with Gasteiger partial charge in [0, 0.05) is 29.5 Å². The number of hydrogen-bond acceptors (Lipinski definition) is 4. The van der Waals surface area contributed by atoms with Crippen LogP contribution in [0.15, 0.2) is 47.1 Å². The highest BCUT2D eigenvalue weighted by molar-refractivity contribution is 5.93. The van der Waals surface area contributed by atoms with Gasteiger partial charge in [0.2, 0.25) is 0 Å². The number of ether oxygens (including phenoxy) is 2. The molecule has 0 spiro atoms. The lowest BCUT2D eigenvalue weighted by molar-refractivity contribution is -0.189. The fourth-order valence-corrected chi connectivity index (χ4v) is 4.35. The predicted molar refractivity (Wildman–Crippen MR) is 97.0 cm³/mol. The standard InChI is InChI=1S/C21H25NO4/c1-21(2)18(16-9-6-11-25-19(16)21)22-20(23)17-14(10-12-24-17)13-26-15-7-4-3-5-8-15/h3-5,7-8,10,12,16,18-19H,6,9,11,13H2,1-2H3,(H,22,23)/t16-,18+,19-/m0/s1. The summed E-state index contributed by atoms with van der Waals surface area (Å²) in [4.78, 5) is 12.8. The molecule has 3 atom stereocenters. The minimum atomic E-state index is -0.177.